The summed E-state index contributed by atoms with van der Waals surface area (Å²) in [6.07, 6.45) is -0.506. The minimum Gasteiger partial charge on any atom is -0.475 e. The average molecular weight is 607 g/mol. The van der Waals surface area contributed by atoms with Crippen LogP contribution in [0.15, 0.2) is 47.2 Å². The fraction of sp³-hybridized carbons (Fsp3) is 0.429. The standard InChI is InChI=1S/C28H30ClF3N6O4/c1-5-16(10-22(33-4)28(30,31)32)24-20(29)12-21-25(36-24)38(18-7-9-37(21)13-18)26(39)35-17-6-8-34-23(11-17)40-14-19-15-41-27(2,3)42-19/h5-6,8,10-12,18-19H,4,7,9,13-15H2,1-3H3,(H,34,35,39)/b16-5+,22-10-/t18-,19+/m0/s1. The van der Waals surface area contributed by atoms with Gasteiger partial charge in [-0.3, -0.25) is 9.89 Å². The molecule has 2 aromatic heterocycles. The zero-order valence-electron chi connectivity index (χ0n) is 23.2. The Hall–Kier alpha value is -3.68. The molecule has 2 amide bonds. The van der Waals surface area contributed by atoms with Crippen molar-refractivity contribution in [3.63, 3.8) is 0 Å². The molecule has 2 fully saturated rings. The van der Waals surface area contributed by atoms with Gasteiger partial charge in [0.1, 0.15) is 18.4 Å². The maximum Gasteiger partial charge on any atom is 0.433 e. The van der Waals surface area contributed by atoms with Crippen LogP contribution >= 0.6 is 11.6 Å². The maximum atomic E-state index is 13.7. The molecule has 0 saturated carbocycles. The number of alkyl halides is 3. The number of fused-ring (bicyclic) bond motifs is 4. The van der Waals surface area contributed by atoms with Gasteiger partial charge in [-0.15, -0.1) is 0 Å². The molecule has 2 bridgehead atoms. The molecule has 0 aliphatic carbocycles. The minimum atomic E-state index is -4.71. The second-order valence-electron chi connectivity index (χ2n) is 10.4. The maximum absolute atomic E-state index is 13.7. The average Bonchev–Trinajstić information content (AvgIpc) is 3.51. The van der Waals surface area contributed by atoms with Crippen LogP contribution in [0.1, 0.15) is 32.9 Å². The van der Waals surface area contributed by atoms with Gasteiger partial charge in [0.2, 0.25) is 5.88 Å². The summed E-state index contributed by atoms with van der Waals surface area (Å²) >= 11 is 6.53. The quantitative estimate of drug-likeness (QED) is 0.312. The number of pyridine rings is 2. The van der Waals surface area contributed by atoms with Gasteiger partial charge in [-0.1, -0.05) is 17.7 Å². The normalized spacial score (nSPS) is 21.8. The van der Waals surface area contributed by atoms with Crippen LogP contribution in [-0.2, 0) is 9.47 Å². The molecule has 5 heterocycles. The Bertz CT molecular complexity index is 1450. The number of hydrogen-bond acceptors (Lipinski definition) is 8. The molecule has 224 valence electrons. The Labute approximate surface area is 245 Å². The van der Waals surface area contributed by atoms with Crippen molar-refractivity contribution in [3.8, 4) is 5.88 Å². The minimum absolute atomic E-state index is 0.0875. The number of rotatable bonds is 7. The summed E-state index contributed by atoms with van der Waals surface area (Å²) in [5.41, 5.74) is 0.0479. The van der Waals surface area contributed by atoms with Crippen LogP contribution in [0, 0.1) is 0 Å². The lowest BCUT2D eigenvalue weighted by Gasteiger charge is -2.36. The van der Waals surface area contributed by atoms with Crippen LogP contribution in [0.2, 0.25) is 5.02 Å². The van der Waals surface area contributed by atoms with E-state index < -0.39 is 23.7 Å². The summed E-state index contributed by atoms with van der Waals surface area (Å²) in [5.74, 6) is -0.0939. The molecule has 3 aliphatic rings. The smallest absolute Gasteiger partial charge is 0.433 e. The zero-order valence-corrected chi connectivity index (χ0v) is 24.0. The third-order valence-electron chi connectivity index (χ3n) is 7.06. The number of hydrogen-bond donors (Lipinski definition) is 1. The Morgan fingerprint density at radius 1 is 1.38 bits per heavy atom. The summed E-state index contributed by atoms with van der Waals surface area (Å²) in [6, 6.07) is 4.18. The summed E-state index contributed by atoms with van der Waals surface area (Å²) in [5, 5.41) is 3.02. The van der Waals surface area contributed by atoms with Crippen molar-refractivity contribution in [3.05, 3.63) is 53.0 Å². The molecule has 42 heavy (non-hydrogen) atoms. The van der Waals surface area contributed by atoms with E-state index >= 15 is 0 Å². The molecule has 2 saturated heterocycles. The number of allylic oxidation sites excluding steroid dienone is 4. The lowest BCUT2D eigenvalue weighted by atomic mass is 10.1. The van der Waals surface area contributed by atoms with E-state index in [4.69, 9.17) is 25.8 Å². The molecule has 0 aromatic carbocycles. The van der Waals surface area contributed by atoms with Crippen molar-refractivity contribution >= 4 is 47.1 Å². The number of urea groups is 1. The van der Waals surface area contributed by atoms with Crippen LogP contribution in [0.25, 0.3) is 5.57 Å². The molecule has 2 atom stereocenters. The first-order valence-corrected chi connectivity index (χ1v) is 13.6. The molecular formula is C28H30ClF3N6O4. The first-order valence-electron chi connectivity index (χ1n) is 13.3. The fourth-order valence-electron chi connectivity index (χ4n) is 5.11. The van der Waals surface area contributed by atoms with Gasteiger partial charge in [0, 0.05) is 31.0 Å². The number of aliphatic imine (C=N–C) groups is 1. The number of anilines is 3. The molecule has 3 aliphatic heterocycles. The van der Waals surface area contributed by atoms with Gasteiger partial charge in [0.15, 0.2) is 11.6 Å². The van der Waals surface area contributed by atoms with Crippen molar-refractivity contribution in [2.75, 3.05) is 41.4 Å². The number of carbonyl (C=O) groups is 1. The zero-order chi connectivity index (χ0) is 30.2. The Morgan fingerprint density at radius 3 is 2.83 bits per heavy atom. The molecular weight excluding hydrogens is 577 g/mol. The van der Waals surface area contributed by atoms with E-state index in [2.05, 4.69) is 31.9 Å². The Balaban J connectivity index is 1.40. The summed E-state index contributed by atoms with van der Waals surface area (Å²) < 4.78 is 57.3. The van der Waals surface area contributed by atoms with E-state index in [0.29, 0.717) is 49.2 Å². The molecule has 10 nitrogen and oxygen atoms in total. The Morgan fingerprint density at radius 2 is 2.17 bits per heavy atom. The first kappa shape index (κ1) is 29.8. The van der Waals surface area contributed by atoms with Crippen molar-refractivity contribution < 1.29 is 32.2 Å². The van der Waals surface area contributed by atoms with Crippen molar-refractivity contribution in [1.29, 1.82) is 0 Å². The van der Waals surface area contributed by atoms with Gasteiger partial charge in [-0.25, -0.2) is 14.8 Å². The lowest BCUT2D eigenvalue weighted by Crippen LogP contribution is -2.48. The number of ether oxygens (including phenoxy) is 3. The lowest BCUT2D eigenvalue weighted by molar-refractivity contribution is -0.141. The van der Waals surface area contributed by atoms with Crippen molar-refractivity contribution in [2.24, 2.45) is 4.99 Å². The largest absolute Gasteiger partial charge is 0.475 e. The highest BCUT2D eigenvalue weighted by atomic mass is 35.5. The molecule has 0 spiro atoms. The van der Waals surface area contributed by atoms with Crippen LogP contribution in [0.4, 0.5) is 35.2 Å². The van der Waals surface area contributed by atoms with Gasteiger partial charge in [-0.05, 0) is 57.7 Å². The predicted molar refractivity (Wildman–Crippen MR) is 153 cm³/mol. The van der Waals surface area contributed by atoms with Crippen molar-refractivity contribution in [2.45, 2.75) is 51.3 Å². The summed E-state index contributed by atoms with van der Waals surface area (Å²) in [6.45, 7) is 10.1. The first-order chi connectivity index (χ1) is 19.9. The van der Waals surface area contributed by atoms with E-state index in [-0.39, 0.29) is 35.0 Å². The SMILES string of the molecule is C=N/C(=C\C(=C/C)c1nc2c(cc1Cl)N1CC[C@@H](C1)N2C(=O)Nc1ccnc(OC[C@@H]2COC(C)(C)O2)c1)C(F)(F)F. The predicted octanol–water partition coefficient (Wildman–Crippen LogP) is 5.84. The molecule has 14 heteroatoms. The van der Waals surface area contributed by atoms with Crippen LogP contribution in [-0.4, -0.2) is 73.1 Å². The fourth-order valence-corrected chi connectivity index (χ4v) is 5.37. The highest BCUT2D eigenvalue weighted by molar-refractivity contribution is 6.32. The van der Waals surface area contributed by atoms with Crippen LogP contribution in [0.3, 0.4) is 0 Å². The van der Waals surface area contributed by atoms with E-state index in [1.807, 2.05) is 13.8 Å². The van der Waals surface area contributed by atoms with E-state index in [1.165, 1.54) is 17.2 Å². The van der Waals surface area contributed by atoms with Gasteiger partial charge in [0.05, 0.1) is 29.1 Å². The number of nitrogens with one attached hydrogen (secondary N) is 1. The number of aromatic nitrogens is 2. The van der Waals surface area contributed by atoms with Gasteiger partial charge in [-0.2, -0.15) is 13.2 Å². The monoisotopic (exact) mass is 606 g/mol. The molecule has 0 radical (unpaired) electrons. The van der Waals surface area contributed by atoms with Gasteiger partial charge in [0.25, 0.3) is 0 Å². The van der Waals surface area contributed by atoms with Crippen LogP contribution < -0.4 is 19.9 Å². The number of amides is 2. The number of carbonyl (C=O) groups excluding carboxylic acids is 1. The summed E-state index contributed by atoms with van der Waals surface area (Å²) in [7, 11) is 0. The van der Waals surface area contributed by atoms with E-state index in [0.717, 1.165) is 6.08 Å². The summed E-state index contributed by atoms with van der Waals surface area (Å²) in [4.78, 5) is 29.2. The second kappa shape index (κ2) is 11.5. The highest BCUT2D eigenvalue weighted by Gasteiger charge is 2.41. The third-order valence-corrected chi connectivity index (χ3v) is 7.35. The Kier molecular flexibility index (Phi) is 8.19. The van der Waals surface area contributed by atoms with Gasteiger partial charge >= 0.3 is 12.2 Å². The number of nitrogens with zero attached hydrogens (tertiary/aromatic N) is 5. The van der Waals surface area contributed by atoms with Crippen molar-refractivity contribution in [1.82, 2.24) is 9.97 Å². The van der Waals surface area contributed by atoms with Gasteiger partial charge < -0.3 is 24.4 Å². The topological polar surface area (TPSA) is 101 Å². The molecule has 5 rings (SSSR count). The van der Waals surface area contributed by atoms with Crippen LogP contribution in [0.5, 0.6) is 5.88 Å². The second-order valence-corrected chi connectivity index (χ2v) is 10.8. The number of halogens is 4. The van der Waals surface area contributed by atoms with E-state index in [1.54, 1.807) is 25.1 Å². The molecule has 0 unspecified atom stereocenters. The molecule has 1 N–H and O–H groups in total. The third kappa shape index (κ3) is 6.22. The molecule has 2 aromatic rings. The van der Waals surface area contributed by atoms with E-state index in [9.17, 15) is 18.0 Å². The highest BCUT2D eigenvalue weighted by Crippen LogP contribution is 2.43.